The molecular formula is C21H24N2O. The van der Waals surface area contributed by atoms with E-state index in [0.29, 0.717) is 6.04 Å². The van der Waals surface area contributed by atoms with Crippen molar-refractivity contribution in [2.24, 2.45) is 0 Å². The van der Waals surface area contributed by atoms with Crippen molar-refractivity contribution in [1.29, 1.82) is 0 Å². The Kier molecular flexibility index (Phi) is 4.11. The van der Waals surface area contributed by atoms with E-state index in [2.05, 4.69) is 23.7 Å². The standard InChI is InChI=1S/C21H24N2O/c1-2-19-18-13-12-16(21(24)15-8-4-3-5-9-15)14-20(18)23(22-19)17-10-6-7-11-17/h3-5,8-9,12-14,17,21,24H,2,6-7,10-11H2,1H3. The maximum absolute atomic E-state index is 10.7. The van der Waals surface area contributed by atoms with Gasteiger partial charge in [-0.1, -0.05) is 62.2 Å². The molecule has 0 bridgehead atoms. The number of aromatic nitrogens is 2. The van der Waals surface area contributed by atoms with Crippen LogP contribution in [0.2, 0.25) is 0 Å². The predicted molar refractivity (Wildman–Crippen MR) is 97.1 cm³/mol. The van der Waals surface area contributed by atoms with Crippen LogP contribution in [-0.2, 0) is 6.42 Å². The molecule has 1 fully saturated rings. The van der Waals surface area contributed by atoms with E-state index in [-0.39, 0.29) is 0 Å². The number of fused-ring (bicyclic) bond motifs is 1. The van der Waals surface area contributed by atoms with Crippen LogP contribution in [0.25, 0.3) is 10.9 Å². The van der Waals surface area contributed by atoms with Gasteiger partial charge in [-0.2, -0.15) is 5.10 Å². The van der Waals surface area contributed by atoms with Crippen LogP contribution < -0.4 is 0 Å². The average Bonchev–Trinajstić information content (AvgIpc) is 3.28. The van der Waals surface area contributed by atoms with Crippen LogP contribution in [0.3, 0.4) is 0 Å². The van der Waals surface area contributed by atoms with Crippen LogP contribution in [0.4, 0.5) is 0 Å². The molecule has 1 saturated carbocycles. The highest BCUT2D eigenvalue weighted by molar-refractivity contribution is 5.83. The smallest absolute Gasteiger partial charge is 0.104 e. The van der Waals surface area contributed by atoms with Gasteiger partial charge in [-0.05, 0) is 36.5 Å². The van der Waals surface area contributed by atoms with E-state index in [1.807, 2.05) is 36.4 Å². The van der Waals surface area contributed by atoms with Gasteiger partial charge in [0.25, 0.3) is 0 Å². The number of hydrogen-bond acceptors (Lipinski definition) is 2. The minimum absolute atomic E-state index is 0.511. The molecule has 4 rings (SSSR count). The van der Waals surface area contributed by atoms with E-state index < -0.39 is 6.10 Å². The SMILES string of the molecule is CCc1nn(C2CCCC2)c2cc(C(O)c3ccccc3)ccc12. The van der Waals surface area contributed by atoms with Crippen LogP contribution in [-0.4, -0.2) is 14.9 Å². The van der Waals surface area contributed by atoms with Crippen molar-refractivity contribution < 1.29 is 5.11 Å². The van der Waals surface area contributed by atoms with Crippen LogP contribution in [0, 0.1) is 0 Å². The molecular weight excluding hydrogens is 296 g/mol. The summed E-state index contributed by atoms with van der Waals surface area (Å²) in [4.78, 5) is 0. The second-order valence-electron chi connectivity index (χ2n) is 6.77. The topological polar surface area (TPSA) is 38.0 Å². The lowest BCUT2D eigenvalue weighted by atomic mass is 10.00. The Morgan fingerprint density at radius 3 is 2.54 bits per heavy atom. The quantitative estimate of drug-likeness (QED) is 0.750. The maximum atomic E-state index is 10.7. The first-order chi connectivity index (χ1) is 11.8. The molecule has 0 aliphatic heterocycles. The highest BCUT2D eigenvalue weighted by Crippen LogP contribution is 2.34. The molecule has 2 aromatic carbocycles. The molecule has 3 aromatic rings. The first kappa shape index (κ1) is 15.4. The Bertz CT molecular complexity index is 832. The van der Waals surface area contributed by atoms with Gasteiger partial charge < -0.3 is 5.11 Å². The van der Waals surface area contributed by atoms with E-state index in [1.54, 1.807) is 0 Å². The van der Waals surface area contributed by atoms with Gasteiger partial charge in [-0.25, -0.2) is 0 Å². The van der Waals surface area contributed by atoms with Gasteiger partial charge >= 0.3 is 0 Å². The molecule has 1 atom stereocenters. The van der Waals surface area contributed by atoms with Crippen LogP contribution in [0.5, 0.6) is 0 Å². The molecule has 3 nitrogen and oxygen atoms in total. The summed E-state index contributed by atoms with van der Waals surface area (Å²) in [6.45, 7) is 2.16. The average molecular weight is 320 g/mol. The second-order valence-corrected chi connectivity index (χ2v) is 6.77. The Balaban J connectivity index is 1.80. The summed E-state index contributed by atoms with van der Waals surface area (Å²) in [5.74, 6) is 0. The summed E-state index contributed by atoms with van der Waals surface area (Å²) in [6, 6.07) is 16.7. The largest absolute Gasteiger partial charge is 0.384 e. The zero-order chi connectivity index (χ0) is 16.5. The molecule has 0 amide bonds. The van der Waals surface area contributed by atoms with Crippen molar-refractivity contribution in [3.8, 4) is 0 Å². The highest BCUT2D eigenvalue weighted by Gasteiger charge is 2.22. The molecule has 3 heteroatoms. The zero-order valence-corrected chi connectivity index (χ0v) is 14.2. The van der Waals surface area contributed by atoms with E-state index in [4.69, 9.17) is 5.10 Å². The summed E-state index contributed by atoms with van der Waals surface area (Å²) in [6.07, 6.45) is 5.36. The summed E-state index contributed by atoms with van der Waals surface area (Å²) in [7, 11) is 0. The van der Waals surface area contributed by atoms with Gasteiger partial charge in [-0.3, -0.25) is 4.68 Å². The monoisotopic (exact) mass is 320 g/mol. The van der Waals surface area contributed by atoms with Crippen molar-refractivity contribution in [2.45, 2.75) is 51.2 Å². The van der Waals surface area contributed by atoms with Gasteiger partial charge in [0.15, 0.2) is 0 Å². The minimum Gasteiger partial charge on any atom is -0.384 e. The molecule has 24 heavy (non-hydrogen) atoms. The first-order valence-corrected chi connectivity index (χ1v) is 9.02. The molecule has 1 aliphatic carbocycles. The lowest BCUT2D eigenvalue weighted by Gasteiger charge is -2.14. The van der Waals surface area contributed by atoms with Crippen molar-refractivity contribution >= 4 is 10.9 Å². The Hall–Kier alpha value is -2.13. The van der Waals surface area contributed by atoms with Gasteiger partial charge in [-0.15, -0.1) is 0 Å². The Morgan fingerprint density at radius 1 is 1.08 bits per heavy atom. The lowest BCUT2D eigenvalue weighted by Crippen LogP contribution is -2.07. The van der Waals surface area contributed by atoms with Crippen molar-refractivity contribution in [3.05, 3.63) is 65.4 Å². The summed E-state index contributed by atoms with van der Waals surface area (Å²) in [5, 5.41) is 16.9. The van der Waals surface area contributed by atoms with Gasteiger partial charge in [0.2, 0.25) is 0 Å². The van der Waals surface area contributed by atoms with Gasteiger partial charge in [0, 0.05) is 5.39 Å². The number of aliphatic hydroxyl groups is 1. The van der Waals surface area contributed by atoms with E-state index in [1.165, 1.54) is 36.6 Å². The summed E-state index contributed by atoms with van der Waals surface area (Å²) >= 11 is 0. The number of aryl methyl sites for hydroxylation is 1. The van der Waals surface area contributed by atoms with E-state index in [9.17, 15) is 5.11 Å². The predicted octanol–water partition coefficient (Wildman–Crippen LogP) is 4.80. The number of nitrogens with zero attached hydrogens (tertiary/aromatic N) is 2. The van der Waals surface area contributed by atoms with Crippen LogP contribution >= 0.6 is 0 Å². The molecule has 0 saturated heterocycles. The Labute approximate surface area is 142 Å². The molecule has 1 aromatic heterocycles. The fraction of sp³-hybridized carbons (Fsp3) is 0.381. The molecule has 1 N–H and O–H groups in total. The molecule has 1 heterocycles. The molecule has 0 spiro atoms. The summed E-state index contributed by atoms with van der Waals surface area (Å²) in [5.41, 5.74) is 4.21. The van der Waals surface area contributed by atoms with Crippen LogP contribution in [0.15, 0.2) is 48.5 Å². The third-order valence-corrected chi connectivity index (χ3v) is 5.24. The Morgan fingerprint density at radius 2 is 1.83 bits per heavy atom. The lowest BCUT2D eigenvalue weighted by molar-refractivity contribution is 0.220. The van der Waals surface area contributed by atoms with Crippen molar-refractivity contribution in [2.75, 3.05) is 0 Å². The fourth-order valence-corrected chi connectivity index (χ4v) is 3.91. The number of benzene rings is 2. The molecule has 1 aliphatic rings. The van der Waals surface area contributed by atoms with E-state index in [0.717, 1.165) is 23.2 Å². The molecule has 1 unspecified atom stereocenters. The molecule has 0 radical (unpaired) electrons. The number of hydrogen-bond donors (Lipinski definition) is 1. The number of aliphatic hydroxyl groups excluding tert-OH is 1. The fourth-order valence-electron chi connectivity index (χ4n) is 3.91. The van der Waals surface area contributed by atoms with Crippen LogP contribution in [0.1, 0.15) is 61.6 Å². The third kappa shape index (κ3) is 2.63. The van der Waals surface area contributed by atoms with Crippen molar-refractivity contribution in [1.82, 2.24) is 9.78 Å². The molecule has 124 valence electrons. The normalized spacial score (nSPS) is 16.8. The second kappa shape index (κ2) is 6.40. The minimum atomic E-state index is -0.590. The van der Waals surface area contributed by atoms with Gasteiger partial charge in [0.05, 0.1) is 17.3 Å². The summed E-state index contributed by atoms with van der Waals surface area (Å²) < 4.78 is 2.22. The van der Waals surface area contributed by atoms with E-state index >= 15 is 0 Å². The van der Waals surface area contributed by atoms with Gasteiger partial charge in [0.1, 0.15) is 6.10 Å². The first-order valence-electron chi connectivity index (χ1n) is 9.02. The maximum Gasteiger partial charge on any atom is 0.104 e. The number of rotatable bonds is 4. The highest BCUT2D eigenvalue weighted by atomic mass is 16.3. The third-order valence-electron chi connectivity index (χ3n) is 5.24. The zero-order valence-electron chi connectivity index (χ0n) is 14.2. The van der Waals surface area contributed by atoms with Crippen molar-refractivity contribution in [3.63, 3.8) is 0 Å².